The van der Waals surface area contributed by atoms with Crippen molar-refractivity contribution >= 4 is 22.8 Å². The number of hydrogen-bond donors (Lipinski definition) is 3. The number of pyridine rings is 1. The number of halogens is 1. The minimum Gasteiger partial charge on any atom is -0.475 e. The number of carbonyl (C=O) groups is 1. The third-order valence-electron chi connectivity index (χ3n) is 3.46. The zero-order valence-electron chi connectivity index (χ0n) is 14.1. The molecule has 2 heterocycles. The molecule has 136 valence electrons. The Bertz CT molecular complexity index is 882. The molecule has 3 rings (SSSR count). The fraction of sp³-hybridized carbons (Fsp3) is 0.235. The normalized spacial score (nSPS) is 10.7. The van der Waals surface area contributed by atoms with Crippen LogP contribution in [0.25, 0.3) is 11.0 Å². The number of amides is 2. The van der Waals surface area contributed by atoms with E-state index in [0.717, 1.165) is 0 Å². The molecule has 0 spiro atoms. The van der Waals surface area contributed by atoms with Gasteiger partial charge in [-0.2, -0.15) is 0 Å². The lowest BCUT2D eigenvalue weighted by Gasteiger charge is -2.08. The van der Waals surface area contributed by atoms with Crippen LogP contribution in [0.1, 0.15) is 5.82 Å². The molecule has 8 nitrogen and oxygen atoms in total. The van der Waals surface area contributed by atoms with E-state index in [4.69, 9.17) is 9.47 Å². The largest absolute Gasteiger partial charge is 0.475 e. The van der Waals surface area contributed by atoms with Gasteiger partial charge in [0.2, 0.25) is 5.88 Å². The fourth-order valence-corrected chi connectivity index (χ4v) is 2.24. The topological polar surface area (TPSA) is 101 Å². The highest BCUT2D eigenvalue weighted by Gasteiger charge is 2.08. The smallest absolute Gasteiger partial charge is 0.319 e. The number of rotatable bonds is 7. The number of methoxy groups -OCH3 is 1. The number of nitrogens with zero attached hydrogens (tertiary/aromatic N) is 2. The lowest BCUT2D eigenvalue weighted by atomic mass is 10.3. The Labute approximate surface area is 148 Å². The molecular weight excluding hydrogens is 341 g/mol. The van der Waals surface area contributed by atoms with E-state index in [2.05, 4.69) is 25.6 Å². The van der Waals surface area contributed by atoms with Gasteiger partial charge in [0.1, 0.15) is 17.9 Å². The van der Waals surface area contributed by atoms with Crippen LogP contribution in [0.3, 0.4) is 0 Å². The maximum absolute atomic E-state index is 13.6. The molecule has 2 amide bonds. The van der Waals surface area contributed by atoms with Crippen molar-refractivity contribution in [2.24, 2.45) is 0 Å². The lowest BCUT2D eigenvalue weighted by molar-refractivity contribution is 0.144. The zero-order chi connectivity index (χ0) is 18.4. The van der Waals surface area contributed by atoms with Crippen LogP contribution in [-0.2, 0) is 11.3 Å². The van der Waals surface area contributed by atoms with E-state index in [1.807, 2.05) is 0 Å². The number of benzene rings is 1. The number of aromatic amines is 1. The minimum absolute atomic E-state index is 0.131. The van der Waals surface area contributed by atoms with Gasteiger partial charge in [0.25, 0.3) is 0 Å². The summed E-state index contributed by atoms with van der Waals surface area (Å²) in [7, 11) is 1.59. The summed E-state index contributed by atoms with van der Waals surface area (Å²) in [6, 6.07) is 7.54. The second kappa shape index (κ2) is 8.26. The number of aromatic nitrogens is 3. The molecule has 2 aromatic heterocycles. The first-order chi connectivity index (χ1) is 12.7. The maximum atomic E-state index is 13.6. The number of urea groups is 1. The molecule has 26 heavy (non-hydrogen) atoms. The fourth-order valence-electron chi connectivity index (χ4n) is 2.24. The summed E-state index contributed by atoms with van der Waals surface area (Å²) in [5, 5.41) is 5.29. The minimum atomic E-state index is -0.430. The van der Waals surface area contributed by atoms with Crippen molar-refractivity contribution in [2.45, 2.75) is 6.54 Å². The first-order valence-corrected chi connectivity index (χ1v) is 7.91. The van der Waals surface area contributed by atoms with Crippen LogP contribution in [0, 0.1) is 5.82 Å². The molecule has 3 aromatic rings. The predicted octanol–water partition coefficient (Wildman–Crippen LogP) is 2.44. The highest BCUT2D eigenvalue weighted by Crippen LogP contribution is 2.15. The molecular formula is C17H18FN5O3. The van der Waals surface area contributed by atoms with Gasteiger partial charge >= 0.3 is 6.03 Å². The predicted molar refractivity (Wildman–Crippen MR) is 93.5 cm³/mol. The van der Waals surface area contributed by atoms with Gasteiger partial charge in [-0.25, -0.2) is 19.2 Å². The van der Waals surface area contributed by atoms with Gasteiger partial charge in [0.05, 0.1) is 30.6 Å². The van der Waals surface area contributed by atoms with E-state index in [-0.39, 0.29) is 12.1 Å². The number of carbonyl (C=O) groups excluding carboxylic acids is 1. The van der Waals surface area contributed by atoms with E-state index in [0.29, 0.717) is 36.1 Å². The average molecular weight is 359 g/mol. The van der Waals surface area contributed by atoms with Crippen molar-refractivity contribution in [3.63, 3.8) is 0 Å². The van der Waals surface area contributed by atoms with Gasteiger partial charge in [-0.15, -0.1) is 0 Å². The first-order valence-electron chi connectivity index (χ1n) is 7.91. The Morgan fingerprint density at radius 2 is 2.15 bits per heavy atom. The summed E-state index contributed by atoms with van der Waals surface area (Å²) >= 11 is 0. The number of ether oxygens (including phenoxy) is 2. The molecule has 0 aliphatic rings. The van der Waals surface area contributed by atoms with Crippen molar-refractivity contribution in [2.75, 3.05) is 25.6 Å². The van der Waals surface area contributed by atoms with E-state index >= 15 is 0 Å². The average Bonchev–Trinajstić information content (AvgIpc) is 3.06. The molecule has 0 bridgehead atoms. The second-order valence-corrected chi connectivity index (χ2v) is 5.35. The van der Waals surface area contributed by atoms with Crippen LogP contribution in [0.15, 0.2) is 36.5 Å². The Morgan fingerprint density at radius 3 is 2.88 bits per heavy atom. The third kappa shape index (κ3) is 4.45. The van der Waals surface area contributed by atoms with Gasteiger partial charge in [-0.05, 0) is 18.2 Å². The van der Waals surface area contributed by atoms with Crippen LogP contribution in [-0.4, -0.2) is 41.3 Å². The van der Waals surface area contributed by atoms with Gasteiger partial charge in [-0.3, -0.25) is 0 Å². The highest BCUT2D eigenvalue weighted by molar-refractivity contribution is 5.89. The monoisotopic (exact) mass is 359 g/mol. The van der Waals surface area contributed by atoms with Gasteiger partial charge in [0, 0.05) is 13.2 Å². The van der Waals surface area contributed by atoms with Crippen LogP contribution in [0.2, 0.25) is 0 Å². The molecule has 0 aliphatic carbocycles. The van der Waals surface area contributed by atoms with Crippen LogP contribution in [0.5, 0.6) is 5.88 Å². The van der Waals surface area contributed by atoms with Gasteiger partial charge in [0.15, 0.2) is 5.82 Å². The molecule has 0 saturated heterocycles. The number of H-pyrrole nitrogens is 1. The Hall–Kier alpha value is -3.20. The molecule has 0 aliphatic heterocycles. The lowest BCUT2D eigenvalue weighted by Crippen LogP contribution is -2.28. The Morgan fingerprint density at radius 1 is 1.27 bits per heavy atom. The highest BCUT2D eigenvalue weighted by atomic mass is 19.1. The summed E-state index contributed by atoms with van der Waals surface area (Å²) in [6.07, 6.45) is 1.48. The number of imidazole rings is 1. The van der Waals surface area contributed by atoms with Gasteiger partial charge < -0.3 is 25.1 Å². The summed E-state index contributed by atoms with van der Waals surface area (Å²) in [6.45, 7) is 0.996. The van der Waals surface area contributed by atoms with Gasteiger partial charge in [-0.1, -0.05) is 6.07 Å². The van der Waals surface area contributed by atoms with Crippen molar-refractivity contribution in [3.8, 4) is 5.88 Å². The third-order valence-corrected chi connectivity index (χ3v) is 3.46. The first kappa shape index (κ1) is 17.6. The van der Waals surface area contributed by atoms with Crippen LogP contribution in [0.4, 0.5) is 14.9 Å². The SMILES string of the molecule is COCCOc1ccc(NC(=O)NCc2nc3c(F)cccc3[nH]2)cn1. The Balaban J connectivity index is 1.51. The number of nitrogens with one attached hydrogen (secondary N) is 3. The number of para-hydroxylation sites is 1. The van der Waals surface area contributed by atoms with Crippen LogP contribution >= 0.6 is 0 Å². The molecule has 3 N–H and O–H groups in total. The van der Waals surface area contributed by atoms with E-state index in [1.54, 1.807) is 31.4 Å². The second-order valence-electron chi connectivity index (χ2n) is 5.35. The van der Waals surface area contributed by atoms with E-state index < -0.39 is 11.8 Å². The number of fused-ring (bicyclic) bond motifs is 1. The molecule has 0 unspecified atom stereocenters. The molecule has 9 heteroatoms. The number of anilines is 1. The van der Waals surface area contributed by atoms with Crippen molar-refractivity contribution in [3.05, 3.63) is 48.2 Å². The van der Waals surface area contributed by atoms with E-state index in [9.17, 15) is 9.18 Å². The maximum Gasteiger partial charge on any atom is 0.319 e. The van der Waals surface area contributed by atoms with E-state index in [1.165, 1.54) is 12.3 Å². The summed E-state index contributed by atoms with van der Waals surface area (Å²) in [4.78, 5) is 23.1. The summed E-state index contributed by atoms with van der Waals surface area (Å²) in [5.74, 6) is 0.492. The quantitative estimate of drug-likeness (QED) is 0.563. The van der Waals surface area contributed by atoms with Crippen molar-refractivity contribution in [1.82, 2.24) is 20.3 Å². The molecule has 1 aromatic carbocycles. The standard InChI is InChI=1S/C17H18FN5O3/c1-25-7-8-26-15-6-5-11(9-19-15)21-17(24)20-10-14-22-13-4-2-3-12(18)16(13)23-14/h2-6,9H,7-8,10H2,1H3,(H,22,23)(H2,20,21,24). The summed E-state index contributed by atoms with van der Waals surface area (Å²) in [5.41, 5.74) is 1.34. The van der Waals surface area contributed by atoms with Crippen molar-refractivity contribution in [1.29, 1.82) is 0 Å². The molecule has 0 atom stereocenters. The van der Waals surface area contributed by atoms with Crippen LogP contribution < -0.4 is 15.4 Å². The van der Waals surface area contributed by atoms with Crippen molar-refractivity contribution < 1.29 is 18.7 Å². The molecule has 0 fully saturated rings. The molecule has 0 saturated carbocycles. The summed E-state index contributed by atoms with van der Waals surface area (Å²) < 4.78 is 23.8. The Kier molecular flexibility index (Phi) is 5.59. The number of hydrogen-bond acceptors (Lipinski definition) is 5. The molecule has 0 radical (unpaired) electrons. The zero-order valence-corrected chi connectivity index (χ0v) is 14.1.